The predicted octanol–water partition coefficient (Wildman–Crippen LogP) is 2.04. The summed E-state index contributed by atoms with van der Waals surface area (Å²) in [6, 6.07) is 8.46. The quantitative estimate of drug-likeness (QED) is 0.748. The second-order valence-corrected chi connectivity index (χ2v) is 4.39. The Kier molecular flexibility index (Phi) is 4.18. The fourth-order valence-electron chi connectivity index (χ4n) is 2.15. The molecule has 3 heteroatoms. The fourth-order valence-corrected chi connectivity index (χ4v) is 2.15. The van der Waals surface area contributed by atoms with Crippen LogP contribution >= 0.6 is 0 Å². The summed E-state index contributed by atoms with van der Waals surface area (Å²) in [6.07, 6.45) is 4.09. The second-order valence-electron chi connectivity index (χ2n) is 4.39. The van der Waals surface area contributed by atoms with Crippen LogP contribution in [0, 0.1) is 0 Å². The van der Waals surface area contributed by atoms with Gasteiger partial charge in [0.1, 0.15) is 0 Å². The van der Waals surface area contributed by atoms with Crippen LogP contribution < -0.4 is 5.32 Å². The number of benzene rings is 1. The number of hydrogen-bond acceptors (Lipinski definition) is 2. The van der Waals surface area contributed by atoms with E-state index in [-0.39, 0.29) is 6.61 Å². The molecule has 0 saturated heterocycles. The van der Waals surface area contributed by atoms with Gasteiger partial charge in [0.15, 0.2) is 0 Å². The second kappa shape index (κ2) is 5.84. The number of unbranched alkanes of at least 4 members (excludes halogenated alkanes) is 1. The molecule has 0 radical (unpaired) electrons. The molecular weight excluding hydrogens is 212 g/mol. The molecule has 0 aliphatic heterocycles. The molecule has 0 amide bonds. The van der Waals surface area contributed by atoms with Gasteiger partial charge in [0.2, 0.25) is 0 Å². The molecule has 2 rings (SSSR count). The molecule has 92 valence electrons. The minimum Gasteiger partial charge on any atom is -0.396 e. The van der Waals surface area contributed by atoms with Crippen molar-refractivity contribution < 1.29 is 5.11 Å². The van der Waals surface area contributed by atoms with E-state index in [1.165, 1.54) is 16.5 Å². The molecule has 0 saturated carbocycles. The van der Waals surface area contributed by atoms with Crippen molar-refractivity contribution in [3.05, 3.63) is 36.0 Å². The number of rotatable bonds is 6. The van der Waals surface area contributed by atoms with Gasteiger partial charge in [-0.15, -0.1) is 0 Å². The minimum atomic E-state index is 0.288. The van der Waals surface area contributed by atoms with Crippen LogP contribution in [-0.2, 0) is 13.6 Å². The van der Waals surface area contributed by atoms with E-state index in [0.717, 1.165) is 25.9 Å². The largest absolute Gasteiger partial charge is 0.396 e. The van der Waals surface area contributed by atoms with Crippen molar-refractivity contribution >= 4 is 10.9 Å². The van der Waals surface area contributed by atoms with Gasteiger partial charge in [-0.2, -0.15) is 0 Å². The van der Waals surface area contributed by atoms with Crippen molar-refractivity contribution in [3.8, 4) is 0 Å². The predicted molar refractivity (Wildman–Crippen MR) is 70.9 cm³/mol. The maximum atomic E-state index is 8.70. The summed E-state index contributed by atoms with van der Waals surface area (Å²) in [4.78, 5) is 0. The zero-order valence-corrected chi connectivity index (χ0v) is 10.3. The number of aromatic nitrogens is 1. The molecule has 1 heterocycles. The lowest BCUT2D eigenvalue weighted by molar-refractivity contribution is 0.283. The molecule has 0 spiro atoms. The van der Waals surface area contributed by atoms with Crippen LogP contribution in [0.15, 0.2) is 30.5 Å². The molecule has 17 heavy (non-hydrogen) atoms. The van der Waals surface area contributed by atoms with Gasteiger partial charge in [0.05, 0.1) is 0 Å². The standard InChI is InChI=1S/C14H20N2O/c1-16-11-12(10-15-8-4-5-9-17)13-6-2-3-7-14(13)16/h2-3,6-7,11,15,17H,4-5,8-10H2,1H3. The van der Waals surface area contributed by atoms with E-state index in [9.17, 15) is 0 Å². The number of nitrogens with one attached hydrogen (secondary N) is 1. The first-order chi connectivity index (χ1) is 8.33. The van der Waals surface area contributed by atoms with Crippen molar-refractivity contribution in [2.24, 2.45) is 7.05 Å². The first-order valence-electron chi connectivity index (χ1n) is 6.17. The third-order valence-electron chi connectivity index (χ3n) is 3.06. The normalized spacial score (nSPS) is 11.2. The van der Waals surface area contributed by atoms with Crippen molar-refractivity contribution in [1.82, 2.24) is 9.88 Å². The molecule has 0 fully saturated rings. The van der Waals surface area contributed by atoms with Crippen LogP contribution in [0.1, 0.15) is 18.4 Å². The van der Waals surface area contributed by atoms with Crippen molar-refractivity contribution in [2.75, 3.05) is 13.2 Å². The summed E-state index contributed by atoms with van der Waals surface area (Å²) in [5, 5.41) is 13.4. The third-order valence-corrected chi connectivity index (χ3v) is 3.06. The highest BCUT2D eigenvalue weighted by atomic mass is 16.2. The highest BCUT2D eigenvalue weighted by Gasteiger charge is 2.04. The maximum Gasteiger partial charge on any atom is 0.0481 e. The monoisotopic (exact) mass is 232 g/mol. The number of aliphatic hydroxyl groups is 1. The van der Waals surface area contributed by atoms with Crippen molar-refractivity contribution in [3.63, 3.8) is 0 Å². The Labute approximate surface area is 102 Å². The lowest BCUT2D eigenvalue weighted by Crippen LogP contribution is -2.14. The van der Waals surface area contributed by atoms with E-state index in [2.05, 4.69) is 47.4 Å². The van der Waals surface area contributed by atoms with Crippen LogP contribution in [0.3, 0.4) is 0 Å². The number of nitrogens with zero attached hydrogens (tertiary/aromatic N) is 1. The Hall–Kier alpha value is -1.32. The van der Waals surface area contributed by atoms with E-state index in [4.69, 9.17) is 5.11 Å². The zero-order valence-electron chi connectivity index (χ0n) is 10.3. The molecule has 0 aliphatic rings. The molecule has 0 bridgehead atoms. The van der Waals surface area contributed by atoms with Gasteiger partial charge >= 0.3 is 0 Å². The van der Waals surface area contributed by atoms with Gasteiger partial charge in [-0.05, 0) is 31.0 Å². The van der Waals surface area contributed by atoms with E-state index in [1.807, 2.05) is 0 Å². The van der Waals surface area contributed by atoms with Crippen LogP contribution in [0.25, 0.3) is 10.9 Å². The van der Waals surface area contributed by atoms with Crippen LogP contribution in [-0.4, -0.2) is 22.8 Å². The third kappa shape index (κ3) is 2.87. The van der Waals surface area contributed by atoms with E-state index in [1.54, 1.807) is 0 Å². The molecule has 2 aromatic rings. The average Bonchev–Trinajstić information content (AvgIpc) is 2.67. The summed E-state index contributed by atoms with van der Waals surface area (Å²) in [5.74, 6) is 0. The lowest BCUT2D eigenvalue weighted by atomic mass is 10.2. The molecular formula is C14H20N2O. The average molecular weight is 232 g/mol. The number of aliphatic hydroxyl groups excluding tert-OH is 1. The highest BCUT2D eigenvalue weighted by Crippen LogP contribution is 2.19. The highest BCUT2D eigenvalue weighted by molar-refractivity contribution is 5.83. The Morgan fingerprint density at radius 2 is 2.06 bits per heavy atom. The van der Waals surface area contributed by atoms with Crippen LogP contribution in [0.4, 0.5) is 0 Å². The van der Waals surface area contributed by atoms with Gasteiger partial charge in [-0.3, -0.25) is 0 Å². The molecule has 0 unspecified atom stereocenters. The Balaban J connectivity index is 1.99. The van der Waals surface area contributed by atoms with Gasteiger partial charge in [-0.25, -0.2) is 0 Å². The molecule has 3 nitrogen and oxygen atoms in total. The molecule has 0 aliphatic carbocycles. The Morgan fingerprint density at radius 1 is 1.24 bits per heavy atom. The lowest BCUT2D eigenvalue weighted by Gasteiger charge is -2.02. The number of aryl methyl sites for hydroxylation is 1. The zero-order chi connectivity index (χ0) is 12.1. The first kappa shape index (κ1) is 12.1. The summed E-state index contributed by atoms with van der Waals surface area (Å²) in [5.41, 5.74) is 2.62. The van der Waals surface area contributed by atoms with Crippen molar-refractivity contribution in [1.29, 1.82) is 0 Å². The molecule has 0 atom stereocenters. The van der Waals surface area contributed by atoms with Gasteiger partial charge in [0.25, 0.3) is 0 Å². The fraction of sp³-hybridized carbons (Fsp3) is 0.429. The SMILES string of the molecule is Cn1cc(CNCCCCO)c2ccccc21. The number of hydrogen-bond donors (Lipinski definition) is 2. The summed E-state index contributed by atoms with van der Waals surface area (Å²) in [6.45, 7) is 2.15. The minimum absolute atomic E-state index is 0.288. The van der Waals surface area contributed by atoms with Crippen molar-refractivity contribution in [2.45, 2.75) is 19.4 Å². The summed E-state index contributed by atoms with van der Waals surface area (Å²) in [7, 11) is 2.08. The summed E-state index contributed by atoms with van der Waals surface area (Å²) < 4.78 is 2.17. The molecule has 2 N–H and O–H groups in total. The van der Waals surface area contributed by atoms with Gasteiger partial charge < -0.3 is 15.0 Å². The number of para-hydroxylation sites is 1. The van der Waals surface area contributed by atoms with Gasteiger partial charge in [-0.1, -0.05) is 18.2 Å². The maximum absolute atomic E-state index is 8.70. The Bertz CT molecular complexity index is 476. The van der Waals surface area contributed by atoms with Crippen LogP contribution in [0.5, 0.6) is 0 Å². The Morgan fingerprint density at radius 3 is 2.88 bits per heavy atom. The first-order valence-corrected chi connectivity index (χ1v) is 6.17. The number of fused-ring (bicyclic) bond motifs is 1. The van der Waals surface area contributed by atoms with E-state index in [0.29, 0.717) is 0 Å². The topological polar surface area (TPSA) is 37.2 Å². The van der Waals surface area contributed by atoms with Gasteiger partial charge in [0, 0.05) is 37.3 Å². The molecule has 1 aromatic carbocycles. The van der Waals surface area contributed by atoms with E-state index < -0.39 is 0 Å². The molecule has 1 aromatic heterocycles. The smallest absolute Gasteiger partial charge is 0.0481 e. The van der Waals surface area contributed by atoms with Crippen LogP contribution in [0.2, 0.25) is 0 Å². The summed E-state index contributed by atoms with van der Waals surface area (Å²) >= 11 is 0. The van der Waals surface area contributed by atoms with E-state index >= 15 is 0 Å².